The van der Waals surface area contributed by atoms with Crippen LogP contribution in [-0.2, 0) is 12.8 Å². The lowest BCUT2D eigenvalue weighted by molar-refractivity contribution is 0.486. The maximum absolute atomic E-state index is 13.3. The largest absolute Gasteiger partial charge is 0.469 e. The molecule has 19 heavy (non-hydrogen) atoms. The number of hydrogen-bond acceptors (Lipinski definition) is 3. The van der Waals surface area contributed by atoms with E-state index in [9.17, 15) is 4.39 Å². The van der Waals surface area contributed by atoms with Gasteiger partial charge in [-0.3, -0.25) is 11.3 Å². The highest BCUT2D eigenvalue weighted by atomic mass is 19.1. The van der Waals surface area contributed by atoms with Gasteiger partial charge in [-0.05, 0) is 42.7 Å². The Hall–Kier alpha value is -1.65. The third-order valence-electron chi connectivity index (χ3n) is 3.41. The maximum Gasteiger partial charge on any atom is 0.123 e. The standard InChI is InChI=1S/C15H19FN2O/c1-3-15-13(6-7-19-15)14(18-17)9-11-8-12(16)5-4-10(11)2/h4-8,14,18H,3,9,17H2,1-2H3. The minimum Gasteiger partial charge on any atom is -0.469 e. The quantitative estimate of drug-likeness (QED) is 0.643. The fraction of sp³-hybridized carbons (Fsp3) is 0.333. The first-order chi connectivity index (χ1) is 9.15. The molecular formula is C15H19FN2O. The zero-order valence-electron chi connectivity index (χ0n) is 11.2. The molecule has 2 aromatic rings. The van der Waals surface area contributed by atoms with Crippen molar-refractivity contribution in [2.24, 2.45) is 5.84 Å². The lowest BCUT2D eigenvalue weighted by Gasteiger charge is -2.17. The van der Waals surface area contributed by atoms with Gasteiger partial charge in [0.1, 0.15) is 11.6 Å². The van der Waals surface area contributed by atoms with Crippen LogP contribution in [0.4, 0.5) is 4.39 Å². The van der Waals surface area contributed by atoms with E-state index in [4.69, 9.17) is 10.3 Å². The first-order valence-corrected chi connectivity index (χ1v) is 6.43. The van der Waals surface area contributed by atoms with Crippen LogP contribution in [-0.4, -0.2) is 0 Å². The number of furan rings is 1. The van der Waals surface area contributed by atoms with Crippen LogP contribution in [0.25, 0.3) is 0 Å². The van der Waals surface area contributed by atoms with Crippen LogP contribution in [0.5, 0.6) is 0 Å². The number of hydrazine groups is 1. The van der Waals surface area contributed by atoms with Crippen LogP contribution in [0, 0.1) is 12.7 Å². The van der Waals surface area contributed by atoms with Crippen molar-refractivity contribution in [3.05, 3.63) is 58.8 Å². The van der Waals surface area contributed by atoms with Gasteiger partial charge in [0.05, 0.1) is 12.3 Å². The fourth-order valence-electron chi connectivity index (χ4n) is 2.29. The number of benzene rings is 1. The summed E-state index contributed by atoms with van der Waals surface area (Å²) in [6.45, 7) is 4.00. The Morgan fingerprint density at radius 2 is 2.16 bits per heavy atom. The van der Waals surface area contributed by atoms with Gasteiger partial charge in [0, 0.05) is 12.0 Å². The van der Waals surface area contributed by atoms with Crippen LogP contribution in [0.2, 0.25) is 0 Å². The van der Waals surface area contributed by atoms with Crippen molar-refractivity contribution in [2.75, 3.05) is 0 Å². The summed E-state index contributed by atoms with van der Waals surface area (Å²) in [6.07, 6.45) is 3.10. The predicted octanol–water partition coefficient (Wildman–Crippen LogP) is 3.04. The molecule has 0 amide bonds. The van der Waals surface area contributed by atoms with Crippen LogP contribution < -0.4 is 11.3 Å². The molecule has 2 rings (SSSR count). The van der Waals surface area contributed by atoms with E-state index in [0.717, 1.165) is 28.9 Å². The molecule has 0 aliphatic heterocycles. The Labute approximate surface area is 112 Å². The average molecular weight is 262 g/mol. The van der Waals surface area contributed by atoms with Gasteiger partial charge in [0.2, 0.25) is 0 Å². The molecule has 1 aromatic heterocycles. The van der Waals surface area contributed by atoms with E-state index in [0.29, 0.717) is 6.42 Å². The summed E-state index contributed by atoms with van der Waals surface area (Å²) in [4.78, 5) is 0. The molecule has 3 N–H and O–H groups in total. The predicted molar refractivity (Wildman–Crippen MR) is 73.0 cm³/mol. The third kappa shape index (κ3) is 3.03. The van der Waals surface area contributed by atoms with Gasteiger partial charge >= 0.3 is 0 Å². The summed E-state index contributed by atoms with van der Waals surface area (Å²) in [5, 5.41) is 0. The van der Waals surface area contributed by atoms with Crippen molar-refractivity contribution in [3.63, 3.8) is 0 Å². The molecule has 0 radical (unpaired) electrons. The molecule has 0 aliphatic carbocycles. The highest BCUT2D eigenvalue weighted by molar-refractivity contribution is 5.30. The molecule has 1 atom stereocenters. The van der Waals surface area contributed by atoms with Gasteiger partial charge in [-0.1, -0.05) is 13.0 Å². The van der Waals surface area contributed by atoms with Crippen LogP contribution in [0.15, 0.2) is 34.9 Å². The lowest BCUT2D eigenvalue weighted by atomic mass is 9.96. The average Bonchev–Trinajstić information content (AvgIpc) is 2.88. The Morgan fingerprint density at radius 1 is 1.37 bits per heavy atom. The molecule has 0 aliphatic rings. The van der Waals surface area contributed by atoms with Crippen molar-refractivity contribution >= 4 is 0 Å². The number of hydrogen-bond donors (Lipinski definition) is 2. The van der Waals surface area contributed by atoms with E-state index < -0.39 is 0 Å². The summed E-state index contributed by atoms with van der Waals surface area (Å²) in [7, 11) is 0. The molecule has 1 unspecified atom stereocenters. The van der Waals surface area contributed by atoms with Gasteiger partial charge in [-0.25, -0.2) is 4.39 Å². The Morgan fingerprint density at radius 3 is 2.84 bits per heavy atom. The van der Waals surface area contributed by atoms with Crippen LogP contribution >= 0.6 is 0 Å². The molecule has 4 heteroatoms. The number of halogens is 1. The van der Waals surface area contributed by atoms with E-state index in [1.807, 2.05) is 19.9 Å². The van der Waals surface area contributed by atoms with Crippen LogP contribution in [0.3, 0.4) is 0 Å². The van der Waals surface area contributed by atoms with Gasteiger partial charge in [-0.2, -0.15) is 0 Å². The topological polar surface area (TPSA) is 51.2 Å². The molecule has 0 saturated heterocycles. The Bertz CT molecular complexity index is 551. The fourth-order valence-corrected chi connectivity index (χ4v) is 2.29. The highest BCUT2D eigenvalue weighted by Gasteiger charge is 2.17. The molecule has 0 bridgehead atoms. The van der Waals surface area contributed by atoms with E-state index in [2.05, 4.69) is 5.43 Å². The molecule has 102 valence electrons. The van der Waals surface area contributed by atoms with E-state index in [1.54, 1.807) is 18.4 Å². The second-order valence-corrected chi connectivity index (χ2v) is 4.65. The monoisotopic (exact) mass is 262 g/mol. The Kier molecular flexibility index (Phi) is 4.35. The lowest BCUT2D eigenvalue weighted by Crippen LogP contribution is -2.30. The summed E-state index contributed by atoms with van der Waals surface area (Å²) in [5.41, 5.74) is 5.84. The van der Waals surface area contributed by atoms with E-state index in [1.165, 1.54) is 6.07 Å². The first-order valence-electron chi connectivity index (χ1n) is 6.43. The molecule has 3 nitrogen and oxygen atoms in total. The second kappa shape index (κ2) is 5.99. The number of nitrogens with two attached hydrogens (primary N) is 1. The van der Waals surface area contributed by atoms with Crippen molar-refractivity contribution in [3.8, 4) is 0 Å². The van der Waals surface area contributed by atoms with Gasteiger partial charge in [0.15, 0.2) is 0 Å². The minimum absolute atomic E-state index is 0.0748. The summed E-state index contributed by atoms with van der Waals surface area (Å²) < 4.78 is 18.7. The highest BCUT2D eigenvalue weighted by Crippen LogP contribution is 2.24. The van der Waals surface area contributed by atoms with E-state index >= 15 is 0 Å². The normalized spacial score (nSPS) is 12.6. The van der Waals surface area contributed by atoms with E-state index in [-0.39, 0.29) is 11.9 Å². The number of nitrogens with one attached hydrogen (secondary N) is 1. The third-order valence-corrected chi connectivity index (χ3v) is 3.41. The van der Waals surface area contributed by atoms with Crippen molar-refractivity contribution in [2.45, 2.75) is 32.7 Å². The smallest absolute Gasteiger partial charge is 0.123 e. The zero-order valence-corrected chi connectivity index (χ0v) is 11.2. The summed E-state index contributed by atoms with van der Waals surface area (Å²) >= 11 is 0. The summed E-state index contributed by atoms with van der Waals surface area (Å²) in [5.74, 6) is 6.33. The maximum atomic E-state index is 13.3. The van der Waals surface area contributed by atoms with Gasteiger partial charge in [-0.15, -0.1) is 0 Å². The van der Waals surface area contributed by atoms with Crippen LogP contribution in [0.1, 0.15) is 35.4 Å². The van der Waals surface area contributed by atoms with Crippen molar-refractivity contribution < 1.29 is 8.81 Å². The number of aryl methyl sites for hydroxylation is 2. The SMILES string of the molecule is CCc1occc1C(Cc1cc(F)ccc1C)NN. The zero-order chi connectivity index (χ0) is 13.8. The first kappa shape index (κ1) is 13.8. The van der Waals surface area contributed by atoms with Gasteiger partial charge < -0.3 is 4.42 Å². The summed E-state index contributed by atoms with van der Waals surface area (Å²) in [6, 6.07) is 6.66. The molecule has 0 saturated carbocycles. The Balaban J connectivity index is 2.26. The molecule has 1 aromatic carbocycles. The molecule has 0 fully saturated rings. The molecular weight excluding hydrogens is 243 g/mol. The molecule has 1 heterocycles. The van der Waals surface area contributed by atoms with Crippen molar-refractivity contribution in [1.82, 2.24) is 5.43 Å². The number of rotatable bonds is 5. The van der Waals surface area contributed by atoms with Gasteiger partial charge in [0.25, 0.3) is 0 Å². The minimum atomic E-state index is -0.223. The molecule has 0 spiro atoms. The van der Waals surface area contributed by atoms with Crippen molar-refractivity contribution in [1.29, 1.82) is 0 Å². The second-order valence-electron chi connectivity index (χ2n) is 4.65.